The summed E-state index contributed by atoms with van der Waals surface area (Å²) in [6.45, 7) is 2.80. The summed E-state index contributed by atoms with van der Waals surface area (Å²) in [5.41, 5.74) is 8.74. The third kappa shape index (κ3) is 4.51. The van der Waals surface area contributed by atoms with E-state index in [0.717, 1.165) is 24.2 Å². The molecule has 1 aromatic heterocycles. The number of fused-ring (bicyclic) bond motifs is 1. The molecule has 0 saturated heterocycles. The van der Waals surface area contributed by atoms with Crippen molar-refractivity contribution >= 4 is 11.9 Å². The fourth-order valence-electron chi connectivity index (χ4n) is 3.50. The van der Waals surface area contributed by atoms with Gasteiger partial charge in [0.25, 0.3) is 5.91 Å². The largest absolute Gasteiger partial charge is 0.486 e. The quantitative estimate of drug-likeness (QED) is 0.654. The molecule has 3 aromatic rings. The molecule has 0 bridgehead atoms. The highest BCUT2D eigenvalue weighted by Crippen LogP contribution is 2.33. The summed E-state index contributed by atoms with van der Waals surface area (Å²) in [5, 5.41) is 3.13. The third-order valence-electron chi connectivity index (χ3n) is 5.08. The zero-order valence-electron chi connectivity index (χ0n) is 16.8. The van der Waals surface area contributed by atoms with Crippen LogP contribution in [0.3, 0.4) is 0 Å². The van der Waals surface area contributed by atoms with Gasteiger partial charge in [-0.3, -0.25) is 4.79 Å². The minimum atomic E-state index is -0.236. The number of anilines is 1. The summed E-state index contributed by atoms with van der Waals surface area (Å²) in [7, 11) is 0. The van der Waals surface area contributed by atoms with Crippen LogP contribution in [0, 0.1) is 6.92 Å². The summed E-state index contributed by atoms with van der Waals surface area (Å²) in [5.74, 6) is 1.34. The van der Waals surface area contributed by atoms with E-state index in [1.807, 2.05) is 36.4 Å². The summed E-state index contributed by atoms with van der Waals surface area (Å²) in [4.78, 5) is 21.0. The number of aromatic nitrogens is 2. The standard InChI is InChI=1S/C23H24N4O3/c1-15-18(14-25-23(24)26-15)22(28)27-19(9-7-16-5-3-2-4-6-16)17-8-10-20-21(13-17)30-12-11-29-20/h2-6,8,10,13-14,19H,7,9,11-12H2,1H3,(H,27,28)(H2,24,25,26)/t19-/m0/s1. The maximum atomic E-state index is 13.0. The van der Waals surface area contributed by atoms with Gasteiger partial charge in [-0.05, 0) is 43.0 Å². The Morgan fingerprint density at radius 2 is 1.90 bits per heavy atom. The lowest BCUT2D eigenvalue weighted by atomic mass is 9.98. The highest BCUT2D eigenvalue weighted by Gasteiger charge is 2.21. The Kier molecular flexibility index (Phi) is 5.79. The number of nitrogens with two attached hydrogens (primary N) is 1. The molecule has 1 atom stereocenters. The molecule has 0 unspecified atom stereocenters. The Morgan fingerprint density at radius 3 is 2.67 bits per heavy atom. The van der Waals surface area contributed by atoms with Gasteiger partial charge in [0.1, 0.15) is 13.2 Å². The van der Waals surface area contributed by atoms with Crippen LogP contribution in [0.5, 0.6) is 11.5 Å². The van der Waals surface area contributed by atoms with Crippen LogP contribution in [0.4, 0.5) is 5.95 Å². The molecule has 3 N–H and O–H groups in total. The number of rotatable bonds is 6. The predicted molar refractivity (Wildman–Crippen MR) is 114 cm³/mol. The second-order valence-electron chi connectivity index (χ2n) is 7.18. The summed E-state index contributed by atoms with van der Waals surface area (Å²) in [6, 6.07) is 15.8. The minimum absolute atomic E-state index is 0.150. The van der Waals surface area contributed by atoms with Gasteiger partial charge in [-0.2, -0.15) is 0 Å². The molecular formula is C23H24N4O3. The number of amides is 1. The van der Waals surface area contributed by atoms with E-state index in [1.165, 1.54) is 11.8 Å². The Bertz CT molecular complexity index is 1040. The average molecular weight is 404 g/mol. The normalized spacial score (nSPS) is 13.5. The van der Waals surface area contributed by atoms with Crippen molar-refractivity contribution in [2.45, 2.75) is 25.8 Å². The molecule has 2 aromatic carbocycles. The van der Waals surface area contributed by atoms with Crippen LogP contribution < -0.4 is 20.5 Å². The van der Waals surface area contributed by atoms with Gasteiger partial charge in [0.05, 0.1) is 17.3 Å². The highest BCUT2D eigenvalue weighted by atomic mass is 16.6. The molecule has 1 amide bonds. The number of hydrogen-bond acceptors (Lipinski definition) is 6. The number of benzene rings is 2. The molecule has 154 valence electrons. The zero-order valence-corrected chi connectivity index (χ0v) is 16.8. The van der Waals surface area contributed by atoms with Crippen molar-refractivity contribution in [3.63, 3.8) is 0 Å². The fourth-order valence-corrected chi connectivity index (χ4v) is 3.50. The monoisotopic (exact) mass is 404 g/mol. The van der Waals surface area contributed by atoms with E-state index in [4.69, 9.17) is 15.2 Å². The van der Waals surface area contributed by atoms with Crippen LogP contribution in [0.1, 0.15) is 39.6 Å². The van der Waals surface area contributed by atoms with Gasteiger partial charge >= 0.3 is 0 Å². The van der Waals surface area contributed by atoms with Crippen molar-refractivity contribution in [2.75, 3.05) is 18.9 Å². The molecule has 1 aliphatic heterocycles. The topological polar surface area (TPSA) is 99.4 Å². The number of nitrogens with one attached hydrogen (secondary N) is 1. The Hall–Kier alpha value is -3.61. The number of nitrogens with zero attached hydrogens (tertiary/aromatic N) is 2. The number of hydrogen-bond donors (Lipinski definition) is 2. The molecule has 0 saturated carbocycles. The first-order valence-corrected chi connectivity index (χ1v) is 9.93. The summed E-state index contributed by atoms with van der Waals surface area (Å²) >= 11 is 0. The lowest BCUT2D eigenvalue weighted by Crippen LogP contribution is -2.30. The van der Waals surface area contributed by atoms with Crippen molar-refractivity contribution in [3.05, 3.63) is 77.1 Å². The smallest absolute Gasteiger partial charge is 0.255 e. The second-order valence-corrected chi connectivity index (χ2v) is 7.18. The molecule has 1 aliphatic rings. The Labute approximate surface area is 175 Å². The lowest BCUT2D eigenvalue weighted by Gasteiger charge is -2.23. The average Bonchev–Trinajstić information content (AvgIpc) is 2.77. The molecule has 2 heterocycles. The van der Waals surface area contributed by atoms with Gasteiger partial charge in [0.15, 0.2) is 11.5 Å². The van der Waals surface area contributed by atoms with Crippen molar-refractivity contribution < 1.29 is 14.3 Å². The van der Waals surface area contributed by atoms with E-state index in [-0.39, 0.29) is 17.9 Å². The maximum absolute atomic E-state index is 13.0. The van der Waals surface area contributed by atoms with Gasteiger partial charge in [-0.1, -0.05) is 36.4 Å². The second kappa shape index (κ2) is 8.82. The van der Waals surface area contributed by atoms with Crippen molar-refractivity contribution in [1.29, 1.82) is 0 Å². The van der Waals surface area contributed by atoms with Crippen LogP contribution in [0.2, 0.25) is 0 Å². The molecular weight excluding hydrogens is 380 g/mol. The lowest BCUT2D eigenvalue weighted by molar-refractivity contribution is 0.0933. The first-order valence-electron chi connectivity index (χ1n) is 9.93. The van der Waals surface area contributed by atoms with Gasteiger partial charge in [-0.15, -0.1) is 0 Å². The number of carbonyl (C=O) groups excluding carboxylic acids is 1. The highest BCUT2D eigenvalue weighted by molar-refractivity contribution is 5.95. The third-order valence-corrected chi connectivity index (χ3v) is 5.08. The Morgan fingerprint density at radius 1 is 1.13 bits per heavy atom. The van der Waals surface area contributed by atoms with E-state index in [9.17, 15) is 4.79 Å². The maximum Gasteiger partial charge on any atom is 0.255 e. The van der Waals surface area contributed by atoms with Crippen molar-refractivity contribution in [2.24, 2.45) is 0 Å². The molecule has 0 fully saturated rings. The molecule has 30 heavy (non-hydrogen) atoms. The SMILES string of the molecule is Cc1nc(N)ncc1C(=O)N[C@@H](CCc1ccccc1)c1ccc2c(c1)OCCO2. The van der Waals surface area contributed by atoms with Crippen molar-refractivity contribution in [1.82, 2.24) is 15.3 Å². The molecule has 4 rings (SSSR count). The molecule has 7 heteroatoms. The van der Waals surface area contributed by atoms with Crippen LogP contribution in [-0.4, -0.2) is 29.1 Å². The van der Waals surface area contributed by atoms with Crippen LogP contribution in [-0.2, 0) is 6.42 Å². The van der Waals surface area contributed by atoms with Gasteiger partial charge in [-0.25, -0.2) is 9.97 Å². The van der Waals surface area contributed by atoms with E-state index in [0.29, 0.717) is 30.2 Å². The molecule has 0 aliphatic carbocycles. The van der Waals surface area contributed by atoms with Crippen LogP contribution >= 0.6 is 0 Å². The van der Waals surface area contributed by atoms with Gasteiger partial charge in [0.2, 0.25) is 5.95 Å². The van der Waals surface area contributed by atoms with Gasteiger partial charge < -0.3 is 20.5 Å². The summed E-state index contributed by atoms with van der Waals surface area (Å²) < 4.78 is 11.4. The number of carbonyl (C=O) groups is 1. The van der Waals surface area contributed by atoms with E-state index < -0.39 is 0 Å². The number of nitrogen functional groups attached to an aromatic ring is 1. The summed E-state index contributed by atoms with van der Waals surface area (Å²) in [6.07, 6.45) is 3.01. The van der Waals surface area contributed by atoms with E-state index in [1.54, 1.807) is 6.92 Å². The van der Waals surface area contributed by atoms with Crippen LogP contribution in [0.15, 0.2) is 54.7 Å². The van der Waals surface area contributed by atoms with Gasteiger partial charge in [0, 0.05) is 6.20 Å². The first-order chi connectivity index (χ1) is 14.6. The first kappa shape index (κ1) is 19.7. The minimum Gasteiger partial charge on any atom is -0.486 e. The van der Waals surface area contributed by atoms with Crippen molar-refractivity contribution in [3.8, 4) is 11.5 Å². The predicted octanol–water partition coefficient (Wildman–Crippen LogP) is 3.24. The van der Waals surface area contributed by atoms with E-state index in [2.05, 4.69) is 27.4 Å². The molecule has 7 nitrogen and oxygen atoms in total. The number of aryl methyl sites for hydroxylation is 2. The molecule has 0 spiro atoms. The fraction of sp³-hybridized carbons (Fsp3) is 0.261. The number of ether oxygens (including phenoxy) is 2. The zero-order chi connectivity index (χ0) is 20.9. The molecule has 0 radical (unpaired) electrons. The van der Waals surface area contributed by atoms with Crippen LogP contribution in [0.25, 0.3) is 0 Å². The van der Waals surface area contributed by atoms with E-state index >= 15 is 0 Å². The Balaban J connectivity index is 1.58.